The first-order valence-corrected chi connectivity index (χ1v) is 38.5. The Labute approximate surface area is 630 Å². The minimum absolute atomic E-state index is 0.0982. The Hall–Kier alpha value is -14.0. The van der Waals surface area contributed by atoms with Gasteiger partial charge in [0, 0.05) is 120 Å². The van der Waals surface area contributed by atoms with E-state index in [2.05, 4.69) is 404 Å². The average molecular weight is 1410 g/mol. The van der Waals surface area contributed by atoms with Crippen LogP contribution in [0.15, 0.2) is 376 Å². The monoisotopic (exact) mass is 1400 g/mol. The van der Waals surface area contributed by atoms with Gasteiger partial charge in [0.25, 0.3) is 0 Å². The van der Waals surface area contributed by atoms with Gasteiger partial charge in [-0.3, -0.25) is 0 Å². The Bertz CT molecular complexity index is 7570. The van der Waals surface area contributed by atoms with Crippen molar-refractivity contribution >= 4 is 152 Å². The van der Waals surface area contributed by atoms with E-state index in [9.17, 15) is 0 Å². The summed E-state index contributed by atoms with van der Waals surface area (Å²) in [4.78, 5) is 2.62. The number of hydrogen-bond acceptors (Lipinski definition) is 2. The first-order valence-electron chi connectivity index (χ1n) is 37.7. The quantitative estimate of drug-likeness (QED) is 0.142. The van der Waals surface area contributed by atoms with Crippen LogP contribution in [0.25, 0.3) is 191 Å². The SMILES string of the molecule is C1=CC2c3ccc(-c4cc(-c5cccc(-n6c7ccccc7c7ccccc76)c5)cc(-n5c6ccccc6c6cc(-c7ccc8c9ccccc9n(-c9cccc(-n%10c%11ccccc%11c%11ccccc%11%10)c9)c8c7)ccc65)c4)cc3N(c3ccc4sc5ccc(-n6c7ccccc7c7ccccc76)cc5c4c3)C2C=C1. The third kappa shape index (κ3) is 8.96. The van der Waals surface area contributed by atoms with E-state index >= 15 is 0 Å². The van der Waals surface area contributed by atoms with Gasteiger partial charge in [-0.15, -0.1) is 11.3 Å². The molecule has 22 aromatic rings. The standard InChI is InChI=1S/C102H64N6S/c1-10-34-89-75(25-1)76-26-2-11-35-90(76)103(89)69-22-19-21-63(54-69)67-53-68(66-44-49-85-82-32-8-17-41-96(82)107(100(85)59-66)73-47-52-102-88(62-73)87-61-72(46-51-101(87)109-102)105-93-38-14-5-29-79(93)80-30-6-15-39-94(80)105)56-74(55-67)108-97-42-18-9-33-83(97)86-57-64(45-50-98(86)108)65-43-48-84-81-31-7-16-40-95(81)106(99(84)58-65)71-24-20-23-70(60-71)104-91-36-12-3-27-77(91)78-28-4-13-37-92(78)104/h1-62,82,96H. The number of aromatic nitrogens is 5. The van der Waals surface area contributed by atoms with E-state index in [1.54, 1.807) is 0 Å². The van der Waals surface area contributed by atoms with Crippen molar-refractivity contribution in [3.63, 3.8) is 0 Å². The summed E-state index contributed by atoms with van der Waals surface area (Å²) >= 11 is 1.88. The molecule has 0 spiro atoms. The highest BCUT2D eigenvalue weighted by atomic mass is 32.1. The molecule has 7 heteroatoms. The van der Waals surface area contributed by atoms with E-state index < -0.39 is 0 Å². The van der Waals surface area contributed by atoms with Crippen LogP contribution in [-0.2, 0) is 0 Å². The van der Waals surface area contributed by atoms with E-state index in [4.69, 9.17) is 0 Å². The van der Waals surface area contributed by atoms with E-state index in [1.807, 2.05) is 11.3 Å². The highest BCUT2D eigenvalue weighted by molar-refractivity contribution is 7.25. The normalized spacial score (nSPS) is 14.3. The van der Waals surface area contributed by atoms with Crippen LogP contribution in [0.5, 0.6) is 0 Å². The molecule has 0 radical (unpaired) electrons. The molecule has 24 rings (SSSR count). The molecule has 0 amide bonds. The molecule has 1 aliphatic carbocycles. The van der Waals surface area contributed by atoms with Crippen LogP contribution in [0.3, 0.4) is 0 Å². The van der Waals surface area contributed by atoms with Crippen molar-refractivity contribution in [1.82, 2.24) is 22.8 Å². The molecule has 6 nitrogen and oxygen atoms in total. The van der Waals surface area contributed by atoms with Crippen LogP contribution < -0.4 is 4.90 Å². The molecule has 0 fully saturated rings. The lowest BCUT2D eigenvalue weighted by molar-refractivity contribution is 0.745. The fourth-order valence-electron chi connectivity index (χ4n) is 19.0. The zero-order valence-corrected chi connectivity index (χ0v) is 59.9. The second-order valence-corrected chi connectivity index (χ2v) is 30.6. The molecule has 2 atom stereocenters. The lowest BCUT2D eigenvalue weighted by atomic mass is 9.90. The highest BCUT2D eigenvalue weighted by Gasteiger charge is 2.38. The summed E-state index contributed by atoms with van der Waals surface area (Å²) in [5, 5.41) is 14.9. The lowest BCUT2D eigenvalue weighted by Gasteiger charge is -2.29. The van der Waals surface area contributed by atoms with Gasteiger partial charge in [-0.1, -0.05) is 218 Å². The first-order chi connectivity index (χ1) is 54.0. The van der Waals surface area contributed by atoms with Gasteiger partial charge in [-0.2, -0.15) is 0 Å². The molecule has 7 heterocycles. The number of anilines is 2. The van der Waals surface area contributed by atoms with E-state index in [-0.39, 0.29) is 12.0 Å². The van der Waals surface area contributed by atoms with Gasteiger partial charge >= 0.3 is 0 Å². The summed E-state index contributed by atoms with van der Waals surface area (Å²) in [5.74, 6) is 0.182. The van der Waals surface area contributed by atoms with Gasteiger partial charge in [-0.05, 0) is 197 Å². The van der Waals surface area contributed by atoms with Gasteiger partial charge in [0.2, 0.25) is 0 Å². The predicted octanol–water partition coefficient (Wildman–Crippen LogP) is 27.3. The van der Waals surface area contributed by atoms with Crippen molar-refractivity contribution in [2.75, 3.05) is 4.90 Å². The van der Waals surface area contributed by atoms with Crippen molar-refractivity contribution in [1.29, 1.82) is 0 Å². The van der Waals surface area contributed by atoms with Gasteiger partial charge < -0.3 is 27.7 Å². The topological polar surface area (TPSA) is 27.9 Å². The number of benzene rings is 16. The Morgan fingerprint density at radius 1 is 0.202 bits per heavy atom. The Kier molecular flexibility index (Phi) is 12.9. The maximum Gasteiger partial charge on any atom is 0.0629 e. The molecule has 0 saturated carbocycles. The molecule has 2 aliphatic rings. The summed E-state index contributed by atoms with van der Waals surface area (Å²) in [7, 11) is 0. The molecule has 109 heavy (non-hydrogen) atoms. The van der Waals surface area contributed by atoms with Crippen LogP contribution in [0.1, 0.15) is 11.5 Å². The molecule has 1 aliphatic heterocycles. The number of nitrogens with zero attached hydrogens (tertiary/aromatic N) is 6. The summed E-state index contributed by atoms with van der Waals surface area (Å²) in [6.07, 6.45) is 9.29. The van der Waals surface area contributed by atoms with E-state index in [0.717, 1.165) is 72.7 Å². The first kappa shape index (κ1) is 60.3. The largest absolute Gasteiger partial charge is 0.333 e. The van der Waals surface area contributed by atoms with E-state index in [1.165, 1.54) is 135 Å². The molecule has 0 bridgehead atoms. The van der Waals surface area contributed by atoms with Crippen molar-refractivity contribution in [2.24, 2.45) is 0 Å². The lowest BCUT2D eigenvalue weighted by Crippen LogP contribution is -2.28. The fourth-order valence-corrected chi connectivity index (χ4v) is 20.1. The van der Waals surface area contributed by atoms with Crippen LogP contribution in [-0.4, -0.2) is 28.9 Å². The number of rotatable bonds is 9. The number of thiophene rings is 1. The number of para-hydroxylation sites is 8. The van der Waals surface area contributed by atoms with Gasteiger partial charge in [0.05, 0.1) is 61.2 Å². The molecule has 508 valence electrons. The minimum atomic E-state index is 0.0982. The summed E-state index contributed by atoms with van der Waals surface area (Å²) < 4.78 is 14.8. The van der Waals surface area contributed by atoms with Crippen molar-refractivity contribution in [3.8, 4) is 61.8 Å². The Morgan fingerprint density at radius 3 is 1.10 bits per heavy atom. The molecule has 6 aromatic heterocycles. The Morgan fingerprint density at radius 2 is 0.569 bits per heavy atom. The Balaban J connectivity index is 0.664. The third-order valence-electron chi connectivity index (χ3n) is 23.7. The van der Waals surface area contributed by atoms with Crippen molar-refractivity contribution < 1.29 is 0 Å². The van der Waals surface area contributed by atoms with Crippen LogP contribution >= 0.6 is 11.3 Å². The molecular weight excluding hydrogens is 1340 g/mol. The van der Waals surface area contributed by atoms with E-state index in [0.29, 0.717) is 0 Å². The summed E-state index contributed by atoms with van der Waals surface area (Å²) in [6, 6.07) is 132. The maximum atomic E-state index is 2.62. The zero-order valence-electron chi connectivity index (χ0n) is 59.0. The predicted molar refractivity (Wildman–Crippen MR) is 461 cm³/mol. The van der Waals surface area contributed by atoms with Crippen LogP contribution in [0, 0.1) is 0 Å². The second-order valence-electron chi connectivity index (χ2n) is 29.5. The van der Waals surface area contributed by atoms with Crippen LogP contribution in [0.4, 0.5) is 11.4 Å². The molecule has 2 unspecified atom stereocenters. The van der Waals surface area contributed by atoms with Gasteiger partial charge in [0.15, 0.2) is 0 Å². The van der Waals surface area contributed by atoms with Crippen molar-refractivity contribution in [2.45, 2.75) is 12.0 Å². The number of hydrogen-bond donors (Lipinski definition) is 0. The average Bonchev–Trinajstić information content (AvgIpc) is 1.59. The molecular formula is C102H64N6S. The molecule has 16 aromatic carbocycles. The minimum Gasteiger partial charge on any atom is -0.333 e. The molecule has 0 saturated heterocycles. The van der Waals surface area contributed by atoms with Gasteiger partial charge in [0.1, 0.15) is 0 Å². The smallest absolute Gasteiger partial charge is 0.0629 e. The highest BCUT2D eigenvalue weighted by Crippen LogP contribution is 2.52. The zero-order chi connectivity index (χ0) is 71.1. The maximum absolute atomic E-state index is 2.62. The van der Waals surface area contributed by atoms with Gasteiger partial charge in [-0.25, -0.2) is 0 Å². The second kappa shape index (κ2) is 23.3. The summed E-state index contributed by atoms with van der Waals surface area (Å²) in [5.41, 5.74) is 28.1. The number of fused-ring (bicyclic) bond motifs is 21. The molecule has 0 N–H and O–H groups in total. The number of allylic oxidation sites excluding steroid dienone is 2. The van der Waals surface area contributed by atoms with Crippen LogP contribution in [0.2, 0.25) is 0 Å². The fraction of sp³-hybridized carbons (Fsp3) is 0.0196. The third-order valence-corrected chi connectivity index (χ3v) is 24.9. The summed E-state index contributed by atoms with van der Waals surface area (Å²) in [6.45, 7) is 0. The van der Waals surface area contributed by atoms with Crippen molar-refractivity contribution in [3.05, 3.63) is 382 Å².